The number of hydrogen-bond acceptors (Lipinski definition) is 3. The fraction of sp³-hybridized carbons (Fsp3) is 0.476. The van der Waals surface area contributed by atoms with E-state index in [1.54, 1.807) is 6.20 Å². The predicted molar refractivity (Wildman–Crippen MR) is 106 cm³/mol. The zero-order valence-electron chi connectivity index (χ0n) is 16.1. The first kappa shape index (κ1) is 17.8. The van der Waals surface area contributed by atoms with Crippen molar-refractivity contribution in [3.8, 4) is 0 Å². The SMILES string of the molecule is Cc1cccc2[nH]c(C3CCCN(C(=O)CCCn4ccnc4C)C3)nc12. The minimum Gasteiger partial charge on any atom is -0.342 e. The quantitative estimate of drug-likeness (QED) is 0.752. The third-order valence-corrected chi connectivity index (χ3v) is 5.61. The summed E-state index contributed by atoms with van der Waals surface area (Å²) in [5.41, 5.74) is 3.32. The van der Waals surface area contributed by atoms with Crippen LogP contribution in [-0.4, -0.2) is 43.4 Å². The molecule has 0 radical (unpaired) electrons. The minimum atomic E-state index is 0.254. The van der Waals surface area contributed by atoms with Crippen LogP contribution in [0.15, 0.2) is 30.6 Å². The summed E-state index contributed by atoms with van der Waals surface area (Å²) in [7, 11) is 0. The number of aryl methyl sites for hydroxylation is 3. The monoisotopic (exact) mass is 365 g/mol. The number of fused-ring (bicyclic) bond motifs is 1. The number of nitrogens with zero attached hydrogens (tertiary/aromatic N) is 4. The average Bonchev–Trinajstić information content (AvgIpc) is 3.29. The second-order valence-corrected chi connectivity index (χ2v) is 7.54. The summed E-state index contributed by atoms with van der Waals surface area (Å²) >= 11 is 0. The van der Waals surface area contributed by atoms with Crippen molar-refractivity contribution in [1.29, 1.82) is 0 Å². The van der Waals surface area contributed by atoms with Crippen molar-refractivity contribution < 1.29 is 4.79 Å². The van der Waals surface area contributed by atoms with Gasteiger partial charge in [0.1, 0.15) is 11.6 Å². The van der Waals surface area contributed by atoms with Crippen molar-refractivity contribution in [3.05, 3.63) is 47.8 Å². The molecule has 1 N–H and O–H groups in total. The number of likely N-dealkylation sites (tertiary alicyclic amines) is 1. The standard InChI is InChI=1S/C21H27N5O/c1-15-6-3-8-18-20(15)24-21(23-18)17-7-4-12-26(14-17)19(27)9-5-11-25-13-10-22-16(25)2/h3,6,8,10,13,17H,4-5,7,9,11-12,14H2,1-2H3,(H,23,24). The fourth-order valence-electron chi connectivity index (χ4n) is 4.01. The van der Waals surface area contributed by atoms with Crippen LogP contribution in [0.4, 0.5) is 0 Å². The number of benzene rings is 1. The number of piperidine rings is 1. The van der Waals surface area contributed by atoms with Gasteiger partial charge in [0.2, 0.25) is 5.91 Å². The summed E-state index contributed by atoms with van der Waals surface area (Å²) < 4.78 is 2.10. The Balaban J connectivity index is 1.37. The fourth-order valence-corrected chi connectivity index (χ4v) is 4.01. The summed E-state index contributed by atoms with van der Waals surface area (Å²) in [4.78, 5) is 27.2. The Labute approximate surface area is 159 Å². The second-order valence-electron chi connectivity index (χ2n) is 7.54. The van der Waals surface area contributed by atoms with Crippen LogP contribution < -0.4 is 0 Å². The summed E-state index contributed by atoms with van der Waals surface area (Å²) in [5.74, 6) is 2.57. The van der Waals surface area contributed by atoms with E-state index in [0.717, 1.165) is 61.6 Å². The number of para-hydroxylation sites is 1. The molecule has 1 amide bonds. The van der Waals surface area contributed by atoms with Gasteiger partial charge < -0.3 is 14.5 Å². The molecule has 0 aliphatic carbocycles. The third kappa shape index (κ3) is 3.75. The molecule has 1 unspecified atom stereocenters. The Kier molecular flexibility index (Phi) is 4.97. The van der Waals surface area contributed by atoms with Crippen molar-refractivity contribution in [2.24, 2.45) is 0 Å². The summed E-state index contributed by atoms with van der Waals surface area (Å²) in [6, 6.07) is 6.21. The van der Waals surface area contributed by atoms with E-state index in [9.17, 15) is 4.79 Å². The number of nitrogens with one attached hydrogen (secondary N) is 1. The molecule has 3 aromatic rings. The van der Waals surface area contributed by atoms with Gasteiger partial charge in [-0.15, -0.1) is 0 Å². The van der Waals surface area contributed by atoms with Crippen LogP contribution in [0.25, 0.3) is 11.0 Å². The zero-order chi connectivity index (χ0) is 18.8. The number of hydrogen-bond donors (Lipinski definition) is 1. The van der Waals surface area contributed by atoms with E-state index in [2.05, 4.69) is 39.7 Å². The van der Waals surface area contributed by atoms with E-state index >= 15 is 0 Å². The van der Waals surface area contributed by atoms with Gasteiger partial charge in [0, 0.05) is 44.4 Å². The maximum atomic E-state index is 12.7. The second kappa shape index (κ2) is 7.55. The molecular formula is C21H27N5O. The average molecular weight is 365 g/mol. The van der Waals surface area contributed by atoms with Crippen LogP contribution in [0.1, 0.15) is 48.8 Å². The molecule has 1 atom stereocenters. The number of carbonyl (C=O) groups is 1. The normalized spacial score (nSPS) is 17.6. The molecule has 0 spiro atoms. The Hall–Kier alpha value is -2.63. The van der Waals surface area contributed by atoms with E-state index in [4.69, 9.17) is 4.98 Å². The minimum absolute atomic E-state index is 0.254. The van der Waals surface area contributed by atoms with Gasteiger partial charge in [0.05, 0.1) is 11.0 Å². The number of aromatic amines is 1. The number of imidazole rings is 2. The molecule has 142 valence electrons. The van der Waals surface area contributed by atoms with Crippen molar-refractivity contribution >= 4 is 16.9 Å². The Bertz CT molecular complexity index is 941. The molecule has 1 aliphatic heterocycles. The highest BCUT2D eigenvalue weighted by atomic mass is 16.2. The summed E-state index contributed by atoms with van der Waals surface area (Å²) in [6.45, 7) is 6.55. The van der Waals surface area contributed by atoms with E-state index in [0.29, 0.717) is 12.3 Å². The van der Waals surface area contributed by atoms with Gasteiger partial charge >= 0.3 is 0 Å². The Morgan fingerprint density at radius 3 is 3.00 bits per heavy atom. The van der Waals surface area contributed by atoms with Gasteiger partial charge in [-0.05, 0) is 44.7 Å². The van der Waals surface area contributed by atoms with Gasteiger partial charge in [-0.3, -0.25) is 4.79 Å². The maximum Gasteiger partial charge on any atom is 0.222 e. The molecule has 6 nitrogen and oxygen atoms in total. The van der Waals surface area contributed by atoms with Gasteiger partial charge in [-0.2, -0.15) is 0 Å². The lowest BCUT2D eigenvalue weighted by atomic mass is 9.97. The van der Waals surface area contributed by atoms with Crippen molar-refractivity contribution in [2.45, 2.75) is 52.0 Å². The predicted octanol–water partition coefficient (Wildman–Crippen LogP) is 3.56. The summed E-state index contributed by atoms with van der Waals surface area (Å²) in [6.07, 6.45) is 7.33. The molecule has 1 fully saturated rings. The molecule has 0 bridgehead atoms. The van der Waals surface area contributed by atoms with Crippen LogP contribution in [0.3, 0.4) is 0 Å². The molecule has 27 heavy (non-hydrogen) atoms. The van der Waals surface area contributed by atoms with Crippen LogP contribution in [-0.2, 0) is 11.3 Å². The van der Waals surface area contributed by atoms with Gasteiger partial charge in [-0.25, -0.2) is 9.97 Å². The first-order valence-corrected chi connectivity index (χ1v) is 9.82. The molecule has 4 rings (SSSR count). The van der Waals surface area contributed by atoms with Crippen molar-refractivity contribution in [2.75, 3.05) is 13.1 Å². The molecule has 2 aromatic heterocycles. The number of amides is 1. The summed E-state index contributed by atoms with van der Waals surface area (Å²) in [5, 5.41) is 0. The number of rotatable bonds is 5. The largest absolute Gasteiger partial charge is 0.342 e. The molecule has 1 aromatic carbocycles. The topological polar surface area (TPSA) is 66.8 Å². The molecule has 0 saturated carbocycles. The Morgan fingerprint density at radius 2 is 2.22 bits per heavy atom. The number of carbonyl (C=O) groups excluding carboxylic acids is 1. The van der Waals surface area contributed by atoms with Crippen LogP contribution >= 0.6 is 0 Å². The molecule has 1 saturated heterocycles. The molecule has 3 heterocycles. The smallest absolute Gasteiger partial charge is 0.222 e. The maximum absolute atomic E-state index is 12.7. The van der Waals surface area contributed by atoms with E-state index in [1.807, 2.05) is 18.0 Å². The van der Waals surface area contributed by atoms with E-state index in [1.165, 1.54) is 5.56 Å². The number of H-pyrrole nitrogens is 1. The third-order valence-electron chi connectivity index (χ3n) is 5.61. The molecule has 1 aliphatic rings. The van der Waals surface area contributed by atoms with Crippen molar-refractivity contribution in [1.82, 2.24) is 24.4 Å². The molecular weight excluding hydrogens is 338 g/mol. The molecule has 6 heteroatoms. The highest BCUT2D eigenvalue weighted by Crippen LogP contribution is 2.28. The zero-order valence-corrected chi connectivity index (χ0v) is 16.1. The lowest BCUT2D eigenvalue weighted by Gasteiger charge is -2.32. The van der Waals surface area contributed by atoms with E-state index in [-0.39, 0.29) is 5.91 Å². The van der Waals surface area contributed by atoms with Gasteiger partial charge in [-0.1, -0.05) is 12.1 Å². The van der Waals surface area contributed by atoms with Gasteiger partial charge in [0.25, 0.3) is 0 Å². The first-order valence-electron chi connectivity index (χ1n) is 9.82. The number of aromatic nitrogens is 4. The van der Waals surface area contributed by atoms with E-state index < -0.39 is 0 Å². The highest BCUT2D eigenvalue weighted by Gasteiger charge is 2.26. The lowest BCUT2D eigenvalue weighted by Crippen LogP contribution is -2.39. The van der Waals surface area contributed by atoms with Crippen LogP contribution in [0, 0.1) is 13.8 Å². The van der Waals surface area contributed by atoms with Crippen LogP contribution in [0.5, 0.6) is 0 Å². The van der Waals surface area contributed by atoms with Gasteiger partial charge in [0.15, 0.2) is 0 Å². The van der Waals surface area contributed by atoms with Crippen molar-refractivity contribution in [3.63, 3.8) is 0 Å². The lowest BCUT2D eigenvalue weighted by molar-refractivity contribution is -0.132. The highest BCUT2D eigenvalue weighted by molar-refractivity contribution is 5.79. The van der Waals surface area contributed by atoms with Crippen LogP contribution in [0.2, 0.25) is 0 Å². The Morgan fingerprint density at radius 1 is 1.33 bits per heavy atom. The first-order chi connectivity index (χ1) is 13.1.